The Morgan fingerprint density at radius 3 is 2.94 bits per heavy atom. The van der Waals surface area contributed by atoms with Crippen LogP contribution in [-0.4, -0.2) is 35.8 Å². The van der Waals surface area contributed by atoms with Crippen LogP contribution in [-0.2, 0) is 4.74 Å². The number of aromatic nitrogens is 2. The molecule has 1 aromatic rings. The monoisotopic (exact) mass is 255 g/mol. The van der Waals surface area contributed by atoms with Crippen molar-refractivity contribution in [2.75, 3.05) is 25.1 Å². The summed E-state index contributed by atoms with van der Waals surface area (Å²) in [6, 6.07) is 0. The molecule has 17 heavy (non-hydrogen) atoms. The zero-order valence-corrected chi connectivity index (χ0v) is 11.3. The molecule has 0 spiro atoms. The molecular formula is C12H18ClN3O. The fourth-order valence-corrected chi connectivity index (χ4v) is 2.42. The molecule has 1 aliphatic rings. The van der Waals surface area contributed by atoms with Gasteiger partial charge in [-0.15, -0.1) is 0 Å². The first-order valence-corrected chi connectivity index (χ1v) is 6.21. The summed E-state index contributed by atoms with van der Waals surface area (Å²) in [5, 5.41) is 0.527. The lowest BCUT2D eigenvalue weighted by molar-refractivity contribution is -0.00484. The molecule has 5 heteroatoms. The fourth-order valence-electron chi connectivity index (χ4n) is 2.29. The summed E-state index contributed by atoms with van der Waals surface area (Å²) in [5.41, 5.74) is 0.844. The highest BCUT2D eigenvalue weighted by Crippen LogP contribution is 2.29. The normalized spacial score (nSPS) is 25.1. The maximum atomic E-state index is 6.03. The van der Waals surface area contributed by atoms with Gasteiger partial charge in [0.2, 0.25) is 0 Å². The van der Waals surface area contributed by atoms with Gasteiger partial charge in [-0.1, -0.05) is 11.6 Å². The lowest BCUT2D eigenvalue weighted by Gasteiger charge is -2.40. The summed E-state index contributed by atoms with van der Waals surface area (Å²) in [7, 11) is 1.77. The molecule has 1 atom stereocenters. The average molecular weight is 256 g/mol. The molecule has 1 saturated heterocycles. The Hall–Kier alpha value is -0.870. The predicted molar refractivity (Wildman–Crippen MR) is 68.6 cm³/mol. The molecule has 0 amide bonds. The zero-order chi connectivity index (χ0) is 12.5. The molecule has 0 radical (unpaired) electrons. The van der Waals surface area contributed by atoms with Crippen molar-refractivity contribution in [3.05, 3.63) is 17.0 Å². The molecule has 2 rings (SSSR count). The van der Waals surface area contributed by atoms with E-state index in [4.69, 9.17) is 16.3 Å². The van der Waals surface area contributed by atoms with Crippen LogP contribution >= 0.6 is 11.6 Å². The van der Waals surface area contributed by atoms with Gasteiger partial charge < -0.3 is 9.64 Å². The van der Waals surface area contributed by atoms with E-state index in [1.165, 1.54) is 6.33 Å². The molecular weight excluding hydrogens is 238 g/mol. The van der Waals surface area contributed by atoms with E-state index < -0.39 is 0 Å². The SMILES string of the molecule is COC1(C)CCCN(c2ncnc(Cl)c2C)C1. The molecule has 0 aliphatic carbocycles. The highest BCUT2D eigenvalue weighted by Gasteiger charge is 2.32. The molecule has 4 nitrogen and oxygen atoms in total. The largest absolute Gasteiger partial charge is 0.377 e. The summed E-state index contributed by atoms with van der Waals surface area (Å²) in [6.07, 6.45) is 3.70. The van der Waals surface area contributed by atoms with Crippen LogP contribution in [0.5, 0.6) is 0 Å². The number of halogens is 1. The number of anilines is 1. The topological polar surface area (TPSA) is 38.2 Å². The van der Waals surface area contributed by atoms with Gasteiger partial charge >= 0.3 is 0 Å². The smallest absolute Gasteiger partial charge is 0.137 e. The second-order valence-corrected chi connectivity index (χ2v) is 5.15. The summed E-state index contributed by atoms with van der Waals surface area (Å²) in [4.78, 5) is 10.6. The third kappa shape index (κ3) is 2.53. The third-order valence-corrected chi connectivity index (χ3v) is 3.83. The number of methoxy groups -OCH3 is 1. The minimum atomic E-state index is -0.0951. The van der Waals surface area contributed by atoms with Gasteiger partial charge in [-0.25, -0.2) is 9.97 Å². The van der Waals surface area contributed by atoms with E-state index >= 15 is 0 Å². The number of piperidine rings is 1. The second kappa shape index (κ2) is 4.78. The highest BCUT2D eigenvalue weighted by molar-refractivity contribution is 6.30. The van der Waals surface area contributed by atoms with Crippen molar-refractivity contribution in [2.45, 2.75) is 32.3 Å². The lowest BCUT2D eigenvalue weighted by atomic mass is 9.94. The minimum Gasteiger partial charge on any atom is -0.377 e. The van der Waals surface area contributed by atoms with E-state index in [0.29, 0.717) is 5.15 Å². The van der Waals surface area contributed by atoms with E-state index in [0.717, 1.165) is 37.3 Å². The summed E-state index contributed by atoms with van der Waals surface area (Å²) >= 11 is 6.03. The molecule has 0 N–H and O–H groups in total. The first-order valence-electron chi connectivity index (χ1n) is 5.83. The molecule has 1 aliphatic heterocycles. The van der Waals surface area contributed by atoms with Crippen LogP contribution in [0.1, 0.15) is 25.3 Å². The van der Waals surface area contributed by atoms with Crippen molar-refractivity contribution in [2.24, 2.45) is 0 Å². The molecule has 1 unspecified atom stereocenters. The fraction of sp³-hybridized carbons (Fsp3) is 0.667. The van der Waals surface area contributed by atoms with Crippen LogP contribution in [0.2, 0.25) is 5.15 Å². The van der Waals surface area contributed by atoms with Gasteiger partial charge in [0.1, 0.15) is 17.3 Å². The van der Waals surface area contributed by atoms with Crippen molar-refractivity contribution in [1.82, 2.24) is 9.97 Å². The first-order chi connectivity index (χ1) is 8.06. The number of rotatable bonds is 2. The van der Waals surface area contributed by atoms with Gasteiger partial charge in [0.15, 0.2) is 0 Å². The molecule has 0 aromatic carbocycles. The molecule has 1 fully saturated rings. The van der Waals surface area contributed by atoms with Gasteiger partial charge in [0.05, 0.1) is 5.60 Å². The Morgan fingerprint density at radius 2 is 2.24 bits per heavy atom. The quantitative estimate of drug-likeness (QED) is 0.761. The van der Waals surface area contributed by atoms with Gasteiger partial charge in [0.25, 0.3) is 0 Å². The zero-order valence-electron chi connectivity index (χ0n) is 10.5. The minimum absolute atomic E-state index is 0.0951. The highest BCUT2D eigenvalue weighted by atomic mass is 35.5. The molecule has 94 valence electrons. The average Bonchev–Trinajstić information content (AvgIpc) is 2.33. The van der Waals surface area contributed by atoms with E-state index in [9.17, 15) is 0 Å². The maximum absolute atomic E-state index is 6.03. The Kier molecular flexibility index (Phi) is 3.54. The van der Waals surface area contributed by atoms with Crippen LogP contribution < -0.4 is 4.90 Å². The van der Waals surface area contributed by atoms with E-state index in [1.807, 2.05) is 6.92 Å². The van der Waals surface area contributed by atoms with Crippen LogP contribution in [0.15, 0.2) is 6.33 Å². The molecule has 2 heterocycles. The molecule has 0 bridgehead atoms. The third-order valence-electron chi connectivity index (χ3n) is 3.45. The van der Waals surface area contributed by atoms with Gasteiger partial charge in [-0.3, -0.25) is 0 Å². The Morgan fingerprint density at radius 1 is 1.47 bits per heavy atom. The second-order valence-electron chi connectivity index (χ2n) is 4.79. The van der Waals surface area contributed by atoms with Crippen LogP contribution in [0, 0.1) is 6.92 Å². The van der Waals surface area contributed by atoms with Crippen LogP contribution in [0.3, 0.4) is 0 Å². The van der Waals surface area contributed by atoms with E-state index in [1.54, 1.807) is 7.11 Å². The van der Waals surface area contributed by atoms with Crippen molar-refractivity contribution < 1.29 is 4.74 Å². The van der Waals surface area contributed by atoms with Gasteiger partial charge in [0, 0.05) is 25.8 Å². The summed E-state index contributed by atoms with van der Waals surface area (Å²) in [6.45, 7) is 5.93. The van der Waals surface area contributed by atoms with Crippen molar-refractivity contribution in [3.63, 3.8) is 0 Å². The molecule has 0 saturated carbocycles. The number of nitrogens with zero attached hydrogens (tertiary/aromatic N) is 3. The number of hydrogen-bond donors (Lipinski definition) is 0. The predicted octanol–water partition coefficient (Wildman–Crippen LogP) is 2.44. The van der Waals surface area contributed by atoms with Gasteiger partial charge in [-0.2, -0.15) is 0 Å². The Bertz CT molecular complexity index is 413. The summed E-state index contributed by atoms with van der Waals surface area (Å²) < 4.78 is 5.58. The van der Waals surface area contributed by atoms with E-state index in [-0.39, 0.29) is 5.60 Å². The Labute approximate surface area is 107 Å². The number of hydrogen-bond acceptors (Lipinski definition) is 4. The summed E-state index contributed by atoms with van der Waals surface area (Å²) in [5.74, 6) is 0.924. The maximum Gasteiger partial charge on any atom is 0.137 e. The lowest BCUT2D eigenvalue weighted by Crippen LogP contribution is -2.48. The first kappa shape index (κ1) is 12.6. The standard InChI is InChI=1S/C12H18ClN3O/c1-9-10(13)14-8-15-11(9)16-6-4-5-12(2,7-16)17-3/h8H,4-7H2,1-3H3. The Balaban J connectivity index is 2.25. The van der Waals surface area contributed by atoms with Crippen LogP contribution in [0.4, 0.5) is 5.82 Å². The van der Waals surface area contributed by atoms with Gasteiger partial charge in [-0.05, 0) is 26.7 Å². The van der Waals surface area contributed by atoms with Crippen molar-refractivity contribution in [1.29, 1.82) is 0 Å². The van der Waals surface area contributed by atoms with Crippen molar-refractivity contribution in [3.8, 4) is 0 Å². The van der Waals surface area contributed by atoms with Crippen molar-refractivity contribution >= 4 is 17.4 Å². The number of ether oxygens (including phenoxy) is 1. The van der Waals surface area contributed by atoms with E-state index in [2.05, 4.69) is 21.8 Å². The molecule has 1 aromatic heterocycles. The van der Waals surface area contributed by atoms with Crippen LogP contribution in [0.25, 0.3) is 0 Å².